The van der Waals surface area contributed by atoms with E-state index in [4.69, 9.17) is 19.2 Å². The molecule has 0 atom stereocenters. The van der Waals surface area contributed by atoms with Crippen LogP contribution in [0.3, 0.4) is 0 Å². The Labute approximate surface area is 189 Å². The Morgan fingerprint density at radius 3 is 2.28 bits per heavy atom. The Balaban J connectivity index is 1.74. The van der Waals surface area contributed by atoms with Crippen molar-refractivity contribution in [1.82, 2.24) is 20.4 Å². The minimum Gasteiger partial charge on any atom is -0.496 e. The van der Waals surface area contributed by atoms with Crippen LogP contribution in [0.25, 0.3) is 0 Å². The summed E-state index contributed by atoms with van der Waals surface area (Å²) >= 11 is 0. The summed E-state index contributed by atoms with van der Waals surface area (Å²) in [5.74, 6) is 2.69. The highest BCUT2D eigenvalue weighted by molar-refractivity contribution is 5.79. The van der Waals surface area contributed by atoms with E-state index in [2.05, 4.69) is 27.9 Å². The van der Waals surface area contributed by atoms with Gasteiger partial charge in [-0.1, -0.05) is 24.3 Å². The quantitative estimate of drug-likeness (QED) is 0.374. The number of ether oxygens (including phenoxy) is 3. The van der Waals surface area contributed by atoms with E-state index >= 15 is 0 Å². The second-order valence-corrected chi connectivity index (χ2v) is 7.04. The molecule has 170 valence electrons. The smallest absolute Gasteiger partial charge is 0.191 e. The van der Waals surface area contributed by atoms with E-state index < -0.39 is 0 Å². The lowest BCUT2D eigenvalue weighted by atomic mass is 10.1. The molecule has 8 heteroatoms. The monoisotopic (exact) mass is 437 g/mol. The molecule has 32 heavy (non-hydrogen) atoms. The minimum atomic E-state index is 0.424. The van der Waals surface area contributed by atoms with E-state index in [0.29, 0.717) is 30.3 Å². The van der Waals surface area contributed by atoms with E-state index in [9.17, 15) is 0 Å². The van der Waals surface area contributed by atoms with Crippen molar-refractivity contribution in [1.29, 1.82) is 0 Å². The van der Waals surface area contributed by atoms with Crippen molar-refractivity contribution >= 4 is 5.96 Å². The first kappa shape index (κ1) is 23.0. The topological polar surface area (TPSA) is 81.9 Å². The first-order valence-corrected chi connectivity index (χ1v) is 10.5. The van der Waals surface area contributed by atoms with Crippen molar-refractivity contribution in [3.05, 3.63) is 71.5 Å². The number of benzene rings is 2. The van der Waals surface area contributed by atoms with Gasteiger partial charge in [0, 0.05) is 37.1 Å². The number of hydrogen-bond acceptors (Lipinski definition) is 5. The van der Waals surface area contributed by atoms with E-state index in [1.54, 1.807) is 27.5 Å². The molecule has 0 amide bonds. The highest BCUT2D eigenvalue weighted by atomic mass is 16.5. The lowest BCUT2D eigenvalue weighted by Gasteiger charge is -2.15. The fourth-order valence-electron chi connectivity index (χ4n) is 3.35. The molecule has 0 bridgehead atoms. The SMILES string of the molecule is CCNC(=NCc1cc(OC)c(OC)cc1OC)NCc1ccccc1Cn1cccn1. The summed E-state index contributed by atoms with van der Waals surface area (Å²) in [6.07, 6.45) is 3.76. The maximum Gasteiger partial charge on any atom is 0.191 e. The van der Waals surface area contributed by atoms with Crippen LogP contribution in [0.5, 0.6) is 17.2 Å². The fraction of sp³-hybridized carbons (Fsp3) is 0.333. The van der Waals surface area contributed by atoms with Crippen LogP contribution in [0.4, 0.5) is 0 Å². The van der Waals surface area contributed by atoms with Crippen LogP contribution in [-0.4, -0.2) is 43.6 Å². The normalized spacial score (nSPS) is 11.2. The second kappa shape index (κ2) is 11.6. The lowest BCUT2D eigenvalue weighted by Crippen LogP contribution is -2.37. The average Bonchev–Trinajstić information content (AvgIpc) is 3.34. The van der Waals surface area contributed by atoms with E-state index in [-0.39, 0.29) is 0 Å². The van der Waals surface area contributed by atoms with Gasteiger partial charge in [-0.15, -0.1) is 0 Å². The molecule has 0 radical (unpaired) electrons. The molecule has 0 aliphatic heterocycles. The summed E-state index contributed by atoms with van der Waals surface area (Å²) in [6.45, 7) is 4.59. The molecule has 3 rings (SSSR count). The number of hydrogen-bond donors (Lipinski definition) is 2. The van der Waals surface area contributed by atoms with Crippen molar-refractivity contribution in [3.8, 4) is 17.2 Å². The summed E-state index contributed by atoms with van der Waals surface area (Å²) in [5, 5.41) is 11.0. The summed E-state index contributed by atoms with van der Waals surface area (Å²) in [6, 6.07) is 14.0. The number of nitrogens with zero attached hydrogens (tertiary/aromatic N) is 3. The molecule has 8 nitrogen and oxygen atoms in total. The van der Waals surface area contributed by atoms with E-state index in [1.165, 1.54) is 11.1 Å². The molecule has 1 heterocycles. The van der Waals surface area contributed by atoms with Gasteiger partial charge in [-0.25, -0.2) is 4.99 Å². The molecule has 2 aromatic carbocycles. The Hall–Kier alpha value is -3.68. The maximum atomic E-state index is 5.52. The highest BCUT2D eigenvalue weighted by Gasteiger charge is 2.12. The van der Waals surface area contributed by atoms with Gasteiger partial charge < -0.3 is 24.8 Å². The van der Waals surface area contributed by atoms with Gasteiger partial charge in [0.15, 0.2) is 17.5 Å². The number of guanidine groups is 1. The molecule has 2 N–H and O–H groups in total. The van der Waals surface area contributed by atoms with Gasteiger partial charge in [0.2, 0.25) is 0 Å². The zero-order chi connectivity index (χ0) is 22.8. The van der Waals surface area contributed by atoms with Crippen molar-refractivity contribution in [2.75, 3.05) is 27.9 Å². The highest BCUT2D eigenvalue weighted by Crippen LogP contribution is 2.34. The van der Waals surface area contributed by atoms with E-state index in [0.717, 1.165) is 24.6 Å². The standard InChI is InChI=1S/C24H31N5O3/c1-5-25-24(27-16-20-13-22(31-3)23(32-4)14-21(20)30-2)26-15-18-9-6-7-10-19(18)17-29-12-8-11-28-29/h6-14H,5,15-17H2,1-4H3,(H2,25,26,27). The third-order valence-electron chi connectivity index (χ3n) is 4.99. The van der Waals surface area contributed by atoms with Crippen molar-refractivity contribution < 1.29 is 14.2 Å². The van der Waals surface area contributed by atoms with Crippen molar-refractivity contribution in [2.45, 2.75) is 26.6 Å². The number of rotatable bonds is 10. The van der Waals surface area contributed by atoms with Gasteiger partial charge >= 0.3 is 0 Å². The Bertz CT molecular complexity index is 1020. The third-order valence-corrected chi connectivity index (χ3v) is 4.99. The summed E-state index contributed by atoms with van der Waals surface area (Å²) in [5.41, 5.74) is 3.31. The summed E-state index contributed by atoms with van der Waals surface area (Å²) in [4.78, 5) is 4.74. The summed E-state index contributed by atoms with van der Waals surface area (Å²) in [7, 11) is 4.85. The lowest BCUT2D eigenvalue weighted by molar-refractivity contribution is 0.347. The second-order valence-electron chi connectivity index (χ2n) is 7.04. The fourth-order valence-corrected chi connectivity index (χ4v) is 3.35. The molecule has 0 unspecified atom stereocenters. The molecule has 3 aromatic rings. The molecule has 0 aliphatic rings. The van der Waals surface area contributed by atoms with Crippen LogP contribution < -0.4 is 24.8 Å². The first-order chi connectivity index (χ1) is 15.7. The molecule has 0 aliphatic carbocycles. The van der Waals surface area contributed by atoms with Gasteiger partial charge in [-0.3, -0.25) is 4.68 Å². The molecule has 0 fully saturated rings. The number of aromatic nitrogens is 2. The zero-order valence-corrected chi connectivity index (χ0v) is 19.1. The Morgan fingerprint density at radius 2 is 1.62 bits per heavy atom. The third kappa shape index (κ3) is 5.94. The molecule has 1 aromatic heterocycles. The van der Waals surface area contributed by atoms with Crippen LogP contribution >= 0.6 is 0 Å². The minimum absolute atomic E-state index is 0.424. The Morgan fingerprint density at radius 1 is 0.906 bits per heavy atom. The molecule has 0 spiro atoms. The van der Waals surface area contributed by atoms with Crippen molar-refractivity contribution in [3.63, 3.8) is 0 Å². The van der Waals surface area contributed by atoms with Crippen LogP contribution in [0.2, 0.25) is 0 Å². The predicted molar refractivity (Wildman–Crippen MR) is 126 cm³/mol. The predicted octanol–water partition coefficient (Wildman–Crippen LogP) is 3.21. The van der Waals surface area contributed by atoms with Crippen LogP contribution in [0.15, 0.2) is 59.9 Å². The molecular weight excluding hydrogens is 406 g/mol. The number of nitrogens with one attached hydrogen (secondary N) is 2. The van der Waals surface area contributed by atoms with Crippen LogP contribution in [0, 0.1) is 0 Å². The molecular formula is C24H31N5O3. The number of methoxy groups -OCH3 is 3. The van der Waals surface area contributed by atoms with Gasteiger partial charge in [0.05, 0.1) is 34.4 Å². The van der Waals surface area contributed by atoms with Crippen molar-refractivity contribution in [2.24, 2.45) is 4.99 Å². The Kier molecular flexibility index (Phi) is 8.36. The average molecular weight is 438 g/mol. The number of aliphatic imine (C=N–C) groups is 1. The van der Waals surface area contributed by atoms with Gasteiger partial charge in [0.25, 0.3) is 0 Å². The van der Waals surface area contributed by atoms with Crippen LogP contribution in [-0.2, 0) is 19.6 Å². The van der Waals surface area contributed by atoms with Gasteiger partial charge in [0.1, 0.15) is 5.75 Å². The molecule has 0 saturated heterocycles. The van der Waals surface area contributed by atoms with Gasteiger partial charge in [-0.2, -0.15) is 5.10 Å². The van der Waals surface area contributed by atoms with Gasteiger partial charge in [-0.05, 0) is 30.2 Å². The van der Waals surface area contributed by atoms with Crippen LogP contribution in [0.1, 0.15) is 23.6 Å². The maximum absolute atomic E-state index is 5.52. The molecule has 0 saturated carbocycles. The first-order valence-electron chi connectivity index (χ1n) is 10.5. The van der Waals surface area contributed by atoms with E-state index in [1.807, 2.05) is 48.1 Å². The summed E-state index contributed by atoms with van der Waals surface area (Å²) < 4.78 is 18.2. The largest absolute Gasteiger partial charge is 0.496 e. The zero-order valence-electron chi connectivity index (χ0n) is 19.1.